The summed E-state index contributed by atoms with van der Waals surface area (Å²) in [7, 11) is 0. The molecule has 0 saturated carbocycles. The van der Waals surface area contributed by atoms with E-state index in [2.05, 4.69) is 38.3 Å². The van der Waals surface area contributed by atoms with Gasteiger partial charge in [-0.2, -0.15) is 0 Å². The van der Waals surface area contributed by atoms with E-state index in [9.17, 15) is 49.2 Å². The van der Waals surface area contributed by atoms with E-state index in [4.69, 9.17) is 18.9 Å². The molecule has 1 aliphatic heterocycles. The van der Waals surface area contributed by atoms with Gasteiger partial charge in [0, 0.05) is 51.9 Å². The van der Waals surface area contributed by atoms with Crippen LogP contribution in [0.5, 0.6) is 0 Å². The maximum atomic E-state index is 13.2. The minimum atomic E-state index is -0.739. The number of hydrogen-bond donors (Lipinski definition) is 6. The molecule has 1 fully saturated rings. The van der Waals surface area contributed by atoms with Gasteiger partial charge in [0.2, 0.25) is 11.8 Å². The van der Waals surface area contributed by atoms with Crippen molar-refractivity contribution in [1.29, 1.82) is 0 Å². The van der Waals surface area contributed by atoms with Crippen LogP contribution in [0.1, 0.15) is 220 Å². The molecule has 0 spiro atoms. The maximum absolute atomic E-state index is 13.2. The van der Waals surface area contributed by atoms with E-state index in [0.717, 1.165) is 77.0 Å². The monoisotopic (exact) mass is 1060 g/mol. The Balaban J connectivity index is 2.71. The number of nitrogens with one attached hydrogen (secondary N) is 2. The summed E-state index contributed by atoms with van der Waals surface area (Å²) in [6, 6.07) is -1.40. The number of aliphatic hydroxyl groups excluding tert-OH is 4. The largest absolute Gasteiger partial charge is 0.466 e. The van der Waals surface area contributed by atoms with Crippen LogP contribution in [-0.2, 0) is 47.7 Å². The Hall–Kier alpha value is -3.42. The van der Waals surface area contributed by atoms with Crippen LogP contribution in [0.4, 0.5) is 0 Å². The number of amides is 2. The molecule has 432 valence electrons. The van der Waals surface area contributed by atoms with Crippen LogP contribution in [0.2, 0.25) is 0 Å². The standard InChI is InChI=1S/C56H104N4O14/c1-5-9-17-37-71-51(65)31-21-25-45(61)41-59(42-46(62)26-22-32-52(66)72-38-18-10-6-2)35-15-13-29-49-55(69)58-50(56(70)57-49)30-14-16-36-60(43-47(63)27-23-33-53(67)73-39-19-11-7-3)44-48(64)28-24-34-54(68)74-40-20-12-8-4/h45-50,61-64H,5-44H2,1-4H3,(H,57,70)(H,58,69). The second-order valence-electron chi connectivity index (χ2n) is 20.5. The lowest BCUT2D eigenvalue weighted by Crippen LogP contribution is -2.61. The average molecular weight is 1060 g/mol. The first-order chi connectivity index (χ1) is 35.7. The molecule has 0 bridgehead atoms. The van der Waals surface area contributed by atoms with E-state index in [-0.39, 0.29) is 87.6 Å². The molecule has 0 aromatic heterocycles. The van der Waals surface area contributed by atoms with E-state index in [1.165, 1.54) is 0 Å². The average Bonchev–Trinajstić information content (AvgIpc) is 3.35. The van der Waals surface area contributed by atoms with Crippen LogP contribution in [0.25, 0.3) is 0 Å². The quantitative estimate of drug-likeness (QED) is 0.0204. The third-order valence-electron chi connectivity index (χ3n) is 13.3. The fourth-order valence-electron chi connectivity index (χ4n) is 8.89. The molecular weight excluding hydrogens is 953 g/mol. The van der Waals surface area contributed by atoms with E-state index >= 15 is 0 Å². The first kappa shape index (κ1) is 68.6. The van der Waals surface area contributed by atoms with Crippen molar-refractivity contribution in [3.63, 3.8) is 0 Å². The van der Waals surface area contributed by atoms with Gasteiger partial charge in [-0.05, 0) is 129 Å². The van der Waals surface area contributed by atoms with E-state index in [1.54, 1.807) is 0 Å². The van der Waals surface area contributed by atoms with Gasteiger partial charge in [0.05, 0.1) is 50.8 Å². The van der Waals surface area contributed by atoms with Gasteiger partial charge < -0.3 is 50.0 Å². The summed E-state index contributed by atoms with van der Waals surface area (Å²) in [5.41, 5.74) is 0. The summed E-state index contributed by atoms with van der Waals surface area (Å²) in [6.07, 6.45) is 16.1. The Morgan fingerprint density at radius 3 is 0.905 bits per heavy atom. The highest BCUT2D eigenvalue weighted by molar-refractivity contribution is 5.96. The predicted molar refractivity (Wildman–Crippen MR) is 286 cm³/mol. The molecule has 1 aliphatic rings. The van der Waals surface area contributed by atoms with E-state index in [0.29, 0.717) is 129 Å². The molecule has 6 N–H and O–H groups in total. The third kappa shape index (κ3) is 38.2. The third-order valence-corrected chi connectivity index (χ3v) is 13.3. The van der Waals surface area contributed by atoms with Gasteiger partial charge >= 0.3 is 23.9 Å². The van der Waals surface area contributed by atoms with Crippen LogP contribution in [0.15, 0.2) is 0 Å². The fraction of sp³-hybridized carbons (Fsp3) is 0.893. The lowest BCUT2D eigenvalue weighted by Gasteiger charge is -2.31. The fourth-order valence-corrected chi connectivity index (χ4v) is 8.89. The molecule has 0 radical (unpaired) electrons. The maximum Gasteiger partial charge on any atom is 0.305 e. The smallest absolute Gasteiger partial charge is 0.305 e. The van der Waals surface area contributed by atoms with Crippen LogP contribution in [0, 0.1) is 0 Å². The first-order valence-electron chi connectivity index (χ1n) is 29.1. The topological polar surface area (TPSA) is 251 Å². The Bertz CT molecular complexity index is 1290. The van der Waals surface area contributed by atoms with Crippen LogP contribution in [0.3, 0.4) is 0 Å². The number of rotatable bonds is 50. The van der Waals surface area contributed by atoms with E-state index in [1.807, 2.05) is 9.80 Å². The molecule has 6 atom stereocenters. The van der Waals surface area contributed by atoms with Crippen LogP contribution in [-0.4, -0.2) is 168 Å². The highest BCUT2D eigenvalue weighted by Crippen LogP contribution is 2.16. The molecule has 0 aromatic carbocycles. The lowest BCUT2D eigenvalue weighted by atomic mass is 10.0. The number of piperazine rings is 1. The van der Waals surface area contributed by atoms with Crippen molar-refractivity contribution >= 4 is 35.7 Å². The molecule has 1 saturated heterocycles. The minimum Gasteiger partial charge on any atom is -0.466 e. The molecular formula is C56H104N4O14. The lowest BCUT2D eigenvalue weighted by molar-refractivity contribution is -0.145. The van der Waals surface area contributed by atoms with Gasteiger partial charge in [-0.15, -0.1) is 0 Å². The number of esters is 4. The zero-order valence-corrected chi connectivity index (χ0v) is 46.5. The Kier molecular flexibility index (Phi) is 42.4. The number of carbonyl (C=O) groups excluding carboxylic acids is 6. The van der Waals surface area contributed by atoms with Crippen molar-refractivity contribution in [2.45, 2.75) is 257 Å². The van der Waals surface area contributed by atoms with Crippen molar-refractivity contribution in [3.8, 4) is 0 Å². The number of unbranched alkanes of at least 4 members (excludes halogenated alkanes) is 10. The molecule has 1 heterocycles. The van der Waals surface area contributed by atoms with Crippen molar-refractivity contribution in [2.24, 2.45) is 0 Å². The summed E-state index contributed by atoms with van der Waals surface area (Å²) < 4.78 is 21.2. The van der Waals surface area contributed by atoms with Crippen molar-refractivity contribution < 1.29 is 68.1 Å². The zero-order valence-electron chi connectivity index (χ0n) is 46.5. The molecule has 18 nitrogen and oxygen atoms in total. The summed E-state index contributed by atoms with van der Waals surface area (Å²) in [6.45, 7) is 12.1. The molecule has 0 aromatic rings. The second kappa shape index (κ2) is 45.7. The highest BCUT2D eigenvalue weighted by Gasteiger charge is 2.33. The van der Waals surface area contributed by atoms with Gasteiger partial charge in [-0.3, -0.25) is 38.6 Å². The Morgan fingerprint density at radius 2 is 0.662 bits per heavy atom. The molecule has 74 heavy (non-hydrogen) atoms. The SMILES string of the molecule is CCCCCOC(=O)CCCC(O)CN(CCCCC1NC(=O)C(CCCCN(CC(O)CCCC(=O)OCCCCC)CC(O)CCCC(=O)OCCCCC)NC1=O)CC(O)CCCC(=O)OCCCCC. The summed E-state index contributed by atoms with van der Waals surface area (Å²) >= 11 is 0. The van der Waals surface area contributed by atoms with Crippen molar-refractivity contribution in [1.82, 2.24) is 20.4 Å². The zero-order chi connectivity index (χ0) is 54.6. The second-order valence-corrected chi connectivity index (χ2v) is 20.5. The molecule has 0 aliphatic carbocycles. The van der Waals surface area contributed by atoms with Crippen molar-refractivity contribution in [2.75, 3.05) is 65.7 Å². The number of hydrogen-bond acceptors (Lipinski definition) is 16. The van der Waals surface area contributed by atoms with Gasteiger partial charge in [0.15, 0.2) is 0 Å². The Morgan fingerprint density at radius 1 is 0.405 bits per heavy atom. The summed E-state index contributed by atoms with van der Waals surface area (Å²) in [5.74, 6) is -1.62. The molecule has 18 heteroatoms. The van der Waals surface area contributed by atoms with Crippen molar-refractivity contribution in [3.05, 3.63) is 0 Å². The summed E-state index contributed by atoms with van der Waals surface area (Å²) in [5, 5.41) is 49.6. The first-order valence-corrected chi connectivity index (χ1v) is 29.1. The van der Waals surface area contributed by atoms with Gasteiger partial charge in [-0.25, -0.2) is 0 Å². The molecule has 6 unspecified atom stereocenters. The Labute approximate surface area is 445 Å². The molecule has 2 amide bonds. The van der Waals surface area contributed by atoms with Crippen LogP contribution >= 0.6 is 0 Å². The van der Waals surface area contributed by atoms with Crippen LogP contribution < -0.4 is 10.6 Å². The van der Waals surface area contributed by atoms with Gasteiger partial charge in [-0.1, -0.05) is 79.1 Å². The van der Waals surface area contributed by atoms with Gasteiger partial charge in [0.25, 0.3) is 0 Å². The summed E-state index contributed by atoms with van der Waals surface area (Å²) in [4.78, 5) is 79.1. The minimum absolute atomic E-state index is 0.217. The van der Waals surface area contributed by atoms with E-state index < -0.39 is 36.5 Å². The number of carbonyl (C=O) groups is 6. The molecule has 1 rings (SSSR count). The number of nitrogens with zero attached hydrogens (tertiary/aromatic N) is 2. The predicted octanol–water partition coefficient (Wildman–Crippen LogP) is 6.97. The number of aliphatic hydroxyl groups is 4. The highest BCUT2D eigenvalue weighted by atomic mass is 16.5. The van der Waals surface area contributed by atoms with Gasteiger partial charge in [0.1, 0.15) is 12.1 Å². The number of ether oxygens (including phenoxy) is 4. The normalized spacial score (nSPS) is 16.4.